The van der Waals surface area contributed by atoms with Crippen molar-refractivity contribution >= 4 is 46.4 Å². The van der Waals surface area contributed by atoms with E-state index < -0.39 is 5.91 Å². The van der Waals surface area contributed by atoms with E-state index >= 15 is 0 Å². The van der Waals surface area contributed by atoms with E-state index in [9.17, 15) is 4.79 Å². The number of nitrogens with one attached hydrogen (secondary N) is 1. The third kappa shape index (κ3) is 3.15. The van der Waals surface area contributed by atoms with Crippen LogP contribution in [0.3, 0.4) is 0 Å². The van der Waals surface area contributed by atoms with E-state index in [-0.39, 0.29) is 21.0 Å². The lowest BCUT2D eigenvalue weighted by molar-refractivity contribution is 0.102. The van der Waals surface area contributed by atoms with Crippen LogP contribution < -0.4 is 5.32 Å². The maximum atomic E-state index is 12.1. The first-order chi connectivity index (χ1) is 8.99. The smallest absolute Gasteiger partial charge is 0.275 e. The van der Waals surface area contributed by atoms with Crippen LogP contribution in [0.25, 0.3) is 0 Å². The van der Waals surface area contributed by atoms with Gasteiger partial charge in [0.25, 0.3) is 5.91 Å². The van der Waals surface area contributed by atoms with Crippen molar-refractivity contribution in [2.75, 3.05) is 5.32 Å². The largest absolute Gasteiger partial charge is 0.318 e. The molecule has 0 bridgehead atoms. The molecule has 0 aromatic carbocycles. The molecule has 0 saturated heterocycles. The van der Waals surface area contributed by atoms with Crippen LogP contribution in [0.4, 0.5) is 5.69 Å². The second-order valence-corrected chi connectivity index (χ2v) is 4.86. The number of carbonyl (C=O) groups excluding carboxylic acids is 1. The van der Waals surface area contributed by atoms with Gasteiger partial charge in [-0.15, -0.1) is 0 Å². The summed E-state index contributed by atoms with van der Waals surface area (Å²) in [7, 11) is 0. The Hall–Kier alpha value is -1.36. The van der Waals surface area contributed by atoms with Crippen LogP contribution in [0.5, 0.6) is 0 Å². The molecule has 0 unspecified atom stereocenters. The summed E-state index contributed by atoms with van der Waals surface area (Å²) in [6.07, 6.45) is 1.55. The van der Waals surface area contributed by atoms with Crippen molar-refractivity contribution in [3.05, 3.63) is 51.0 Å². The lowest BCUT2D eigenvalue weighted by Gasteiger charge is -2.09. The van der Waals surface area contributed by atoms with Gasteiger partial charge in [0.2, 0.25) is 0 Å². The van der Waals surface area contributed by atoms with E-state index in [4.69, 9.17) is 34.8 Å². The minimum atomic E-state index is -0.495. The van der Waals surface area contributed by atoms with Crippen LogP contribution in [-0.2, 0) is 0 Å². The van der Waals surface area contributed by atoms with Crippen LogP contribution in [0, 0.1) is 6.92 Å². The van der Waals surface area contributed by atoms with Crippen LogP contribution in [0.2, 0.25) is 15.3 Å². The second-order valence-electron chi connectivity index (χ2n) is 3.71. The highest BCUT2D eigenvalue weighted by Crippen LogP contribution is 2.24. The van der Waals surface area contributed by atoms with Crippen molar-refractivity contribution < 1.29 is 4.79 Å². The normalized spacial score (nSPS) is 10.3. The Labute approximate surface area is 124 Å². The highest BCUT2D eigenvalue weighted by atomic mass is 35.5. The molecule has 2 aromatic heterocycles. The number of carbonyl (C=O) groups is 1. The van der Waals surface area contributed by atoms with Gasteiger partial charge in [0.05, 0.1) is 10.7 Å². The minimum absolute atomic E-state index is 0.0356. The van der Waals surface area contributed by atoms with E-state index in [1.165, 1.54) is 12.1 Å². The molecule has 0 aliphatic rings. The molecule has 0 radical (unpaired) electrons. The molecule has 19 heavy (non-hydrogen) atoms. The summed E-state index contributed by atoms with van der Waals surface area (Å²) >= 11 is 17.6. The van der Waals surface area contributed by atoms with Gasteiger partial charge in [-0.1, -0.05) is 34.8 Å². The third-order valence-electron chi connectivity index (χ3n) is 2.38. The Balaban J connectivity index is 2.34. The summed E-state index contributed by atoms with van der Waals surface area (Å²) in [5.74, 6) is -0.495. The topological polar surface area (TPSA) is 54.9 Å². The monoisotopic (exact) mass is 315 g/mol. The standard InChI is InChI=1S/C12H8Cl3N3O/c1-6-4-5-16-11(15)9(6)18-12(19)10-7(13)2-3-8(14)17-10/h2-5H,1H3,(H,18,19). The van der Waals surface area contributed by atoms with Gasteiger partial charge in [0.15, 0.2) is 5.15 Å². The Morgan fingerprint density at radius 1 is 1.21 bits per heavy atom. The molecule has 0 aliphatic heterocycles. The van der Waals surface area contributed by atoms with Gasteiger partial charge in [0.1, 0.15) is 10.8 Å². The molecule has 0 saturated carbocycles. The van der Waals surface area contributed by atoms with Crippen LogP contribution in [0.15, 0.2) is 24.4 Å². The molecule has 0 aliphatic carbocycles. The maximum absolute atomic E-state index is 12.1. The Kier molecular flexibility index (Phi) is 4.24. The number of nitrogens with zero attached hydrogens (tertiary/aromatic N) is 2. The number of hydrogen-bond donors (Lipinski definition) is 1. The lowest BCUT2D eigenvalue weighted by atomic mass is 10.2. The minimum Gasteiger partial charge on any atom is -0.318 e. The lowest BCUT2D eigenvalue weighted by Crippen LogP contribution is -2.15. The van der Waals surface area contributed by atoms with Gasteiger partial charge in [-0.3, -0.25) is 4.79 Å². The molecule has 2 heterocycles. The summed E-state index contributed by atoms with van der Waals surface area (Å²) in [5, 5.41) is 3.22. The zero-order valence-corrected chi connectivity index (χ0v) is 12.0. The van der Waals surface area contributed by atoms with E-state index in [1.54, 1.807) is 19.2 Å². The summed E-state index contributed by atoms with van der Waals surface area (Å²) in [5.41, 5.74) is 1.24. The zero-order valence-electron chi connectivity index (χ0n) is 9.75. The van der Waals surface area contributed by atoms with Crippen molar-refractivity contribution in [2.24, 2.45) is 0 Å². The first-order valence-electron chi connectivity index (χ1n) is 5.23. The Morgan fingerprint density at radius 2 is 1.95 bits per heavy atom. The fraction of sp³-hybridized carbons (Fsp3) is 0.0833. The van der Waals surface area contributed by atoms with Crippen LogP contribution in [0.1, 0.15) is 16.1 Å². The molecule has 1 N–H and O–H groups in total. The van der Waals surface area contributed by atoms with Gasteiger partial charge < -0.3 is 5.32 Å². The highest BCUT2D eigenvalue weighted by Gasteiger charge is 2.16. The summed E-state index contributed by atoms with van der Waals surface area (Å²) < 4.78 is 0. The van der Waals surface area contributed by atoms with Crippen LogP contribution in [-0.4, -0.2) is 15.9 Å². The molecule has 0 atom stereocenters. The molecule has 2 aromatic rings. The van der Waals surface area contributed by atoms with Crippen molar-refractivity contribution in [1.82, 2.24) is 9.97 Å². The number of amides is 1. The molecule has 4 nitrogen and oxygen atoms in total. The first kappa shape index (κ1) is 14.1. The van der Waals surface area contributed by atoms with Crippen molar-refractivity contribution in [2.45, 2.75) is 6.92 Å². The fourth-order valence-electron chi connectivity index (χ4n) is 1.43. The average molecular weight is 317 g/mol. The second kappa shape index (κ2) is 5.74. The first-order valence-corrected chi connectivity index (χ1v) is 6.37. The quantitative estimate of drug-likeness (QED) is 0.852. The highest BCUT2D eigenvalue weighted by molar-refractivity contribution is 6.36. The summed E-state index contributed by atoms with van der Waals surface area (Å²) in [6.45, 7) is 1.80. The molecule has 7 heteroatoms. The van der Waals surface area contributed by atoms with Crippen molar-refractivity contribution in [1.29, 1.82) is 0 Å². The van der Waals surface area contributed by atoms with Gasteiger partial charge >= 0.3 is 0 Å². The number of halogens is 3. The summed E-state index contributed by atoms with van der Waals surface area (Å²) in [6, 6.07) is 4.74. The number of hydrogen-bond acceptors (Lipinski definition) is 3. The molecule has 98 valence electrons. The van der Waals surface area contributed by atoms with Gasteiger partial charge in [-0.2, -0.15) is 0 Å². The Bertz CT molecular complexity index is 626. The number of aryl methyl sites for hydroxylation is 1. The third-order valence-corrected chi connectivity index (χ3v) is 3.18. The molecule has 0 fully saturated rings. The maximum Gasteiger partial charge on any atom is 0.275 e. The predicted molar refractivity (Wildman–Crippen MR) is 76.2 cm³/mol. The van der Waals surface area contributed by atoms with Gasteiger partial charge in [0, 0.05) is 6.20 Å². The number of anilines is 1. The molecule has 2 rings (SSSR count). The van der Waals surface area contributed by atoms with E-state index in [1.807, 2.05) is 0 Å². The predicted octanol–water partition coefficient (Wildman–Crippen LogP) is 4.00. The van der Waals surface area contributed by atoms with Crippen molar-refractivity contribution in [3.8, 4) is 0 Å². The van der Waals surface area contributed by atoms with E-state index in [0.29, 0.717) is 5.69 Å². The molecule has 1 amide bonds. The average Bonchev–Trinajstić information content (AvgIpc) is 2.37. The van der Waals surface area contributed by atoms with Crippen LogP contribution >= 0.6 is 34.8 Å². The molecular weight excluding hydrogens is 309 g/mol. The van der Waals surface area contributed by atoms with E-state index in [2.05, 4.69) is 15.3 Å². The Morgan fingerprint density at radius 3 is 2.63 bits per heavy atom. The van der Waals surface area contributed by atoms with Gasteiger partial charge in [-0.25, -0.2) is 9.97 Å². The summed E-state index contributed by atoms with van der Waals surface area (Å²) in [4.78, 5) is 19.9. The SMILES string of the molecule is Cc1ccnc(Cl)c1NC(=O)c1nc(Cl)ccc1Cl. The van der Waals surface area contributed by atoms with E-state index in [0.717, 1.165) is 5.56 Å². The molecular formula is C12H8Cl3N3O. The van der Waals surface area contributed by atoms with Crippen molar-refractivity contribution in [3.63, 3.8) is 0 Å². The number of aromatic nitrogens is 2. The van der Waals surface area contributed by atoms with Gasteiger partial charge in [-0.05, 0) is 30.7 Å². The zero-order chi connectivity index (χ0) is 14.0. The number of rotatable bonds is 2. The molecule has 0 spiro atoms. The fourth-order valence-corrected chi connectivity index (χ4v) is 2.02. The number of pyridine rings is 2.